The van der Waals surface area contributed by atoms with Gasteiger partial charge in [-0.2, -0.15) is 0 Å². The first-order valence-electron chi connectivity index (χ1n) is 9.87. The Bertz CT molecular complexity index is 1300. The molecule has 10 heteroatoms. The van der Waals surface area contributed by atoms with E-state index in [0.29, 0.717) is 35.0 Å². The van der Waals surface area contributed by atoms with Crippen LogP contribution >= 0.6 is 0 Å². The Kier molecular flexibility index (Phi) is 5.80. The number of carbonyl (C=O) groups excluding carboxylic acids is 1. The molecule has 0 fully saturated rings. The molecule has 4 rings (SSSR count). The van der Waals surface area contributed by atoms with E-state index in [1.54, 1.807) is 36.5 Å². The molecule has 0 atom stereocenters. The van der Waals surface area contributed by atoms with Crippen LogP contribution in [-0.4, -0.2) is 44.7 Å². The molecule has 0 aliphatic heterocycles. The summed E-state index contributed by atoms with van der Waals surface area (Å²) in [6, 6.07) is 12.3. The van der Waals surface area contributed by atoms with Crippen LogP contribution in [0.5, 0.6) is 5.75 Å². The molecule has 2 aromatic heterocycles. The van der Waals surface area contributed by atoms with E-state index >= 15 is 0 Å². The van der Waals surface area contributed by atoms with Gasteiger partial charge in [-0.25, -0.2) is 9.97 Å². The van der Waals surface area contributed by atoms with E-state index in [4.69, 9.17) is 10.5 Å². The maximum Gasteiger partial charge on any atom is 0.488 e. The standard InChI is InChI=1S/C22H22BN5O4/c1-28-12-17-15(7-4-8-16(17)20(24)29)19(28)22-26-11-18(32-2)21(27-22)25-10-13-5-3-6-14(9-13)23(30)31/h3-9,11-12,30-31H,10H2,1-2H3,(H2,24,29)(H,25,26,27). The fourth-order valence-electron chi connectivity index (χ4n) is 3.66. The number of nitrogens with two attached hydrogens (primary N) is 1. The monoisotopic (exact) mass is 431 g/mol. The predicted octanol–water partition coefficient (Wildman–Crippen LogP) is 1.03. The third-order valence-electron chi connectivity index (χ3n) is 5.20. The zero-order valence-electron chi connectivity index (χ0n) is 17.6. The second-order valence-corrected chi connectivity index (χ2v) is 7.30. The molecule has 0 bridgehead atoms. The van der Waals surface area contributed by atoms with Crippen molar-refractivity contribution in [1.29, 1.82) is 0 Å². The molecule has 0 aliphatic rings. The van der Waals surface area contributed by atoms with Gasteiger partial charge in [0.25, 0.3) is 0 Å². The summed E-state index contributed by atoms with van der Waals surface area (Å²) >= 11 is 0. The van der Waals surface area contributed by atoms with Crippen LogP contribution in [0.15, 0.2) is 54.9 Å². The highest BCUT2D eigenvalue weighted by Gasteiger charge is 2.18. The molecule has 4 aromatic rings. The van der Waals surface area contributed by atoms with E-state index < -0.39 is 13.0 Å². The number of benzene rings is 2. The number of aryl methyl sites for hydroxylation is 1. The Morgan fingerprint density at radius 3 is 2.72 bits per heavy atom. The molecular weight excluding hydrogens is 409 g/mol. The summed E-state index contributed by atoms with van der Waals surface area (Å²) in [7, 11) is 1.85. The second kappa shape index (κ2) is 8.70. The van der Waals surface area contributed by atoms with Crippen molar-refractivity contribution in [2.24, 2.45) is 12.8 Å². The van der Waals surface area contributed by atoms with Crippen LogP contribution in [0.3, 0.4) is 0 Å². The molecule has 1 amide bonds. The van der Waals surface area contributed by atoms with Crippen molar-refractivity contribution in [2.75, 3.05) is 12.4 Å². The summed E-state index contributed by atoms with van der Waals surface area (Å²) < 4.78 is 7.26. The average Bonchev–Trinajstić information content (AvgIpc) is 3.13. The van der Waals surface area contributed by atoms with Gasteiger partial charge in [0.2, 0.25) is 5.91 Å². The molecule has 0 aliphatic carbocycles. The molecule has 162 valence electrons. The Balaban J connectivity index is 1.72. The number of hydrogen-bond acceptors (Lipinski definition) is 7. The second-order valence-electron chi connectivity index (χ2n) is 7.30. The number of nitrogens with zero attached hydrogens (tertiary/aromatic N) is 3. The molecule has 2 aromatic carbocycles. The van der Waals surface area contributed by atoms with Crippen molar-refractivity contribution in [3.8, 4) is 17.3 Å². The Morgan fingerprint density at radius 2 is 2.00 bits per heavy atom. The van der Waals surface area contributed by atoms with Gasteiger partial charge in [0.15, 0.2) is 17.4 Å². The van der Waals surface area contributed by atoms with E-state index in [0.717, 1.165) is 22.0 Å². The summed E-state index contributed by atoms with van der Waals surface area (Å²) in [6.07, 6.45) is 3.41. The molecule has 0 saturated carbocycles. The van der Waals surface area contributed by atoms with E-state index in [2.05, 4.69) is 15.3 Å². The normalized spacial score (nSPS) is 10.9. The molecule has 0 unspecified atom stereocenters. The van der Waals surface area contributed by atoms with E-state index in [1.807, 2.05) is 29.9 Å². The number of ether oxygens (including phenoxy) is 1. The number of amides is 1. The SMILES string of the molecule is COc1cnc(-c2c3cccc(C(N)=O)c3cn2C)nc1NCc1cccc(B(O)O)c1. The van der Waals surface area contributed by atoms with E-state index in [9.17, 15) is 14.8 Å². The lowest BCUT2D eigenvalue weighted by molar-refractivity contribution is 0.100. The predicted molar refractivity (Wildman–Crippen MR) is 123 cm³/mol. The first-order chi connectivity index (χ1) is 15.4. The molecule has 9 nitrogen and oxygen atoms in total. The van der Waals surface area contributed by atoms with Crippen LogP contribution in [0.25, 0.3) is 22.3 Å². The summed E-state index contributed by atoms with van der Waals surface area (Å²) in [5.41, 5.74) is 7.94. The molecule has 5 N–H and O–H groups in total. The Labute approximate surface area is 184 Å². The van der Waals surface area contributed by atoms with Crippen LogP contribution in [0.2, 0.25) is 0 Å². The van der Waals surface area contributed by atoms with Crippen molar-refractivity contribution >= 4 is 35.1 Å². The van der Waals surface area contributed by atoms with Crippen molar-refractivity contribution in [1.82, 2.24) is 14.5 Å². The zero-order chi connectivity index (χ0) is 22.8. The van der Waals surface area contributed by atoms with E-state index in [1.165, 1.54) is 7.11 Å². The summed E-state index contributed by atoms with van der Waals surface area (Å²) in [5.74, 6) is 0.893. The van der Waals surface area contributed by atoms with E-state index in [-0.39, 0.29) is 0 Å². The van der Waals surface area contributed by atoms with Gasteiger partial charge >= 0.3 is 7.12 Å². The maximum atomic E-state index is 11.8. The first-order valence-corrected chi connectivity index (χ1v) is 9.87. The van der Waals surface area contributed by atoms with Crippen LogP contribution in [-0.2, 0) is 13.6 Å². The van der Waals surface area contributed by atoms with Gasteiger partial charge < -0.3 is 30.4 Å². The van der Waals surface area contributed by atoms with Crippen molar-refractivity contribution in [2.45, 2.75) is 6.54 Å². The molecule has 0 spiro atoms. The highest BCUT2D eigenvalue weighted by atomic mass is 16.5. The fourth-order valence-corrected chi connectivity index (χ4v) is 3.66. The number of primary amides is 1. The van der Waals surface area contributed by atoms with Gasteiger partial charge in [-0.15, -0.1) is 0 Å². The lowest BCUT2D eigenvalue weighted by Crippen LogP contribution is -2.30. The average molecular weight is 431 g/mol. The number of rotatable bonds is 7. The lowest BCUT2D eigenvalue weighted by atomic mass is 9.80. The minimum Gasteiger partial charge on any atom is -0.491 e. The highest BCUT2D eigenvalue weighted by molar-refractivity contribution is 6.58. The number of methoxy groups -OCH3 is 1. The number of aromatic nitrogens is 3. The quantitative estimate of drug-likeness (QED) is 0.321. The van der Waals surface area contributed by atoms with Crippen molar-refractivity contribution < 1.29 is 19.6 Å². The van der Waals surface area contributed by atoms with Crippen molar-refractivity contribution in [3.63, 3.8) is 0 Å². The lowest BCUT2D eigenvalue weighted by Gasteiger charge is -2.12. The number of anilines is 1. The van der Waals surface area contributed by atoms with Gasteiger partial charge in [0.1, 0.15) is 0 Å². The van der Waals surface area contributed by atoms with Gasteiger partial charge in [-0.3, -0.25) is 4.79 Å². The van der Waals surface area contributed by atoms with Gasteiger partial charge in [-0.05, 0) is 17.1 Å². The Hall–Kier alpha value is -3.89. The summed E-state index contributed by atoms with van der Waals surface area (Å²) in [5, 5.41) is 23.5. The van der Waals surface area contributed by atoms with Crippen LogP contribution in [0, 0.1) is 0 Å². The smallest absolute Gasteiger partial charge is 0.488 e. The number of fused-ring (bicyclic) bond motifs is 1. The van der Waals surface area contributed by atoms with Gasteiger partial charge in [0.05, 0.1) is 19.0 Å². The van der Waals surface area contributed by atoms with Crippen LogP contribution < -0.4 is 21.3 Å². The summed E-state index contributed by atoms with van der Waals surface area (Å²) in [6.45, 7) is 0.382. The van der Waals surface area contributed by atoms with Gasteiger partial charge in [0, 0.05) is 36.1 Å². The van der Waals surface area contributed by atoms with Gasteiger partial charge in [-0.1, -0.05) is 36.4 Å². The minimum atomic E-state index is -1.54. The Morgan fingerprint density at radius 1 is 1.22 bits per heavy atom. The fraction of sp³-hybridized carbons (Fsp3) is 0.136. The maximum absolute atomic E-state index is 11.8. The third-order valence-corrected chi connectivity index (χ3v) is 5.20. The number of carbonyl (C=O) groups is 1. The van der Waals surface area contributed by atoms with Crippen LogP contribution in [0.1, 0.15) is 15.9 Å². The molecule has 0 radical (unpaired) electrons. The molecule has 0 saturated heterocycles. The largest absolute Gasteiger partial charge is 0.491 e. The minimum absolute atomic E-state index is 0.382. The molecule has 32 heavy (non-hydrogen) atoms. The highest BCUT2D eigenvalue weighted by Crippen LogP contribution is 2.32. The topological polar surface area (TPSA) is 136 Å². The molecular formula is C22H22BN5O4. The van der Waals surface area contributed by atoms with Crippen molar-refractivity contribution in [3.05, 3.63) is 66.0 Å². The number of nitrogens with one attached hydrogen (secondary N) is 1. The first kappa shape index (κ1) is 21.4. The number of hydrogen-bond donors (Lipinski definition) is 4. The van der Waals surface area contributed by atoms with Crippen LogP contribution in [0.4, 0.5) is 5.82 Å². The summed E-state index contributed by atoms with van der Waals surface area (Å²) in [4.78, 5) is 20.9. The molecule has 2 heterocycles. The zero-order valence-corrected chi connectivity index (χ0v) is 17.6. The third kappa shape index (κ3) is 4.01.